The van der Waals surface area contributed by atoms with Crippen molar-refractivity contribution in [3.8, 4) is 0 Å². The Morgan fingerprint density at radius 1 is 0.655 bits per heavy atom. The normalized spacial score (nSPS) is 16.9. The van der Waals surface area contributed by atoms with E-state index >= 15 is 0 Å². The molecule has 29 heavy (non-hydrogen) atoms. The van der Waals surface area contributed by atoms with Crippen molar-refractivity contribution in [2.24, 2.45) is 0 Å². The van der Waals surface area contributed by atoms with E-state index in [2.05, 4.69) is 9.47 Å². The van der Waals surface area contributed by atoms with Gasteiger partial charge in [-0.05, 0) is 20.8 Å². The molecule has 0 saturated carbocycles. The van der Waals surface area contributed by atoms with E-state index in [1.54, 1.807) is 0 Å². The van der Waals surface area contributed by atoms with E-state index in [1.165, 1.54) is 0 Å². The van der Waals surface area contributed by atoms with Gasteiger partial charge in [-0.3, -0.25) is 0 Å². The second-order valence-corrected chi connectivity index (χ2v) is 7.75. The smallest absolute Gasteiger partial charge is 0.357 e. The molecular formula is C13H17F13O2Si. The molecule has 0 spiro atoms. The summed E-state index contributed by atoms with van der Waals surface area (Å²) in [5.41, 5.74) is -6.05. The summed E-state index contributed by atoms with van der Waals surface area (Å²) in [5, 5.41) is 0. The van der Waals surface area contributed by atoms with E-state index in [-0.39, 0.29) is 0 Å². The Hall–Kier alpha value is -0.773. The number of ether oxygens (including phenoxy) is 2. The lowest BCUT2D eigenvalue weighted by molar-refractivity contribution is -0.421. The lowest BCUT2D eigenvalue weighted by Gasteiger charge is -2.42. The molecule has 0 aromatic carbocycles. The third-order valence-electron chi connectivity index (χ3n) is 3.69. The minimum Gasteiger partial charge on any atom is -0.357 e. The highest BCUT2D eigenvalue weighted by Crippen LogP contribution is 2.60. The molecule has 0 saturated heterocycles. The molecule has 16 heteroatoms. The van der Waals surface area contributed by atoms with Crippen molar-refractivity contribution in [1.29, 1.82) is 0 Å². The Balaban J connectivity index is 6.23. The van der Waals surface area contributed by atoms with Crippen LogP contribution in [0.15, 0.2) is 0 Å². The Morgan fingerprint density at radius 2 is 1.00 bits per heavy atom. The molecule has 176 valence electrons. The average Bonchev–Trinajstić information content (AvgIpc) is 2.53. The van der Waals surface area contributed by atoms with E-state index in [9.17, 15) is 57.1 Å². The molecule has 0 N–H and O–H groups in total. The SMILES string of the molecule is CCOC(OCC)[SiH2]C(F)(F)C(F)(F)C(F)(F)C(F)(F)C(F)(F)C(F)(F)C(C)F. The quantitative estimate of drug-likeness (QED) is 0.230. The summed E-state index contributed by atoms with van der Waals surface area (Å²) in [6.45, 7) is 0.964. The minimum atomic E-state index is -7.77. The fourth-order valence-electron chi connectivity index (χ4n) is 1.96. The molecule has 0 aliphatic carbocycles. The van der Waals surface area contributed by atoms with Crippen molar-refractivity contribution >= 4 is 9.52 Å². The van der Waals surface area contributed by atoms with Crippen LogP contribution >= 0.6 is 0 Å². The van der Waals surface area contributed by atoms with Crippen LogP contribution < -0.4 is 0 Å². The minimum absolute atomic E-state index is 0.434. The Labute approximate surface area is 158 Å². The van der Waals surface area contributed by atoms with Crippen LogP contribution in [-0.2, 0) is 9.47 Å². The van der Waals surface area contributed by atoms with Crippen LogP contribution in [0, 0.1) is 0 Å². The number of halogens is 13. The van der Waals surface area contributed by atoms with Crippen molar-refractivity contribution in [3.05, 3.63) is 0 Å². The van der Waals surface area contributed by atoms with Crippen LogP contribution in [-0.4, -0.2) is 70.0 Å². The largest absolute Gasteiger partial charge is 0.384 e. The highest BCUT2D eigenvalue weighted by atomic mass is 28.2. The molecule has 0 fully saturated rings. The molecule has 0 aromatic rings. The molecule has 0 aromatic heterocycles. The van der Waals surface area contributed by atoms with Gasteiger partial charge < -0.3 is 9.47 Å². The molecule has 0 aliphatic rings. The molecule has 1 atom stereocenters. The summed E-state index contributed by atoms with van der Waals surface area (Å²) in [5.74, 6) is -38.9. The molecule has 0 rings (SSSR count). The highest BCUT2D eigenvalue weighted by molar-refractivity contribution is 6.40. The monoisotopic (exact) mass is 480 g/mol. The van der Waals surface area contributed by atoms with Gasteiger partial charge in [0, 0.05) is 13.2 Å². The second kappa shape index (κ2) is 8.76. The lowest BCUT2D eigenvalue weighted by Crippen LogP contribution is -2.72. The van der Waals surface area contributed by atoms with Crippen LogP contribution in [0.5, 0.6) is 0 Å². The standard InChI is InChI=1S/C13H17F13O2Si/c1-4-27-7(28-5-2)29-13(25,26)12(23,24)11(21,22)10(19,20)9(17,18)8(15,16)6(3)14/h6-7H,4-5,29H2,1-3H3. The zero-order valence-corrected chi connectivity index (χ0v) is 16.4. The number of rotatable bonds is 12. The number of hydrogen-bond donors (Lipinski definition) is 0. The first kappa shape index (κ1) is 28.2. The predicted molar refractivity (Wildman–Crippen MR) is 75.8 cm³/mol. The van der Waals surface area contributed by atoms with Crippen molar-refractivity contribution < 1.29 is 66.5 Å². The van der Waals surface area contributed by atoms with Crippen LogP contribution in [0.25, 0.3) is 0 Å². The Kier molecular flexibility index (Phi) is 8.53. The molecule has 1 unspecified atom stereocenters. The summed E-state index contributed by atoms with van der Waals surface area (Å²) in [6, 6.07) is 0. The first-order chi connectivity index (χ1) is 12.7. The summed E-state index contributed by atoms with van der Waals surface area (Å²) in [4.78, 5) is 0. The van der Waals surface area contributed by atoms with E-state index in [4.69, 9.17) is 0 Å². The Morgan fingerprint density at radius 3 is 1.31 bits per heavy atom. The molecular weight excluding hydrogens is 463 g/mol. The van der Waals surface area contributed by atoms with Gasteiger partial charge in [0.1, 0.15) is 5.91 Å². The van der Waals surface area contributed by atoms with E-state index in [0.717, 1.165) is 13.8 Å². The fraction of sp³-hybridized carbons (Fsp3) is 1.00. The van der Waals surface area contributed by atoms with Gasteiger partial charge >= 0.3 is 29.6 Å². The van der Waals surface area contributed by atoms with E-state index < -0.39 is 76.9 Å². The van der Waals surface area contributed by atoms with Crippen LogP contribution in [0.1, 0.15) is 20.8 Å². The van der Waals surface area contributed by atoms with Crippen LogP contribution in [0.4, 0.5) is 57.1 Å². The third-order valence-corrected chi connectivity index (χ3v) is 5.45. The zero-order chi connectivity index (χ0) is 23.7. The molecule has 0 bridgehead atoms. The van der Waals surface area contributed by atoms with Crippen molar-refractivity contribution in [1.82, 2.24) is 0 Å². The van der Waals surface area contributed by atoms with Crippen molar-refractivity contribution in [2.45, 2.75) is 68.0 Å². The first-order valence-corrected chi connectivity index (χ1v) is 9.35. The number of alkyl halides is 13. The lowest BCUT2D eigenvalue weighted by atomic mass is 9.92. The van der Waals surface area contributed by atoms with Crippen molar-refractivity contribution in [2.75, 3.05) is 13.2 Å². The molecule has 0 heterocycles. The van der Waals surface area contributed by atoms with Gasteiger partial charge in [-0.2, -0.15) is 43.9 Å². The van der Waals surface area contributed by atoms with Gasteiger partial charge in [0.05, 0.1) is 0 Å². The first-order valence-electron chi connectivity index (χ1n) is 7.83. The van der Waals surface area contributed by atoms with E-state index in [0.29, 0.717) is 0 Å². The second-order valence-electron chi connectivity index (χ2n) is 5.79. The maximum absolute atomic E-state index is 13.8. The molecule has 0 aliphatic heterocycles. The average molecular weight is 480 g/mol. The van der Waals surface area contributed by atoms with E-state index in [1.807, 2.05) is 0 Å². The highest BCUT2D eigenvalue weighted by Gasteiger charge is 2.90. The van der Waals surface area contributed by atoms with Gasteiger partial charge in [0.2, 0.25) is 0 Å². The van der Waals surface area contributed by atoms with Crippen LogP contribution in [0.3, 0.4) is 0 Å². The fourth-order valence-corrected chi connectivity index (χ4v) is 3.56. The molecule has 0 radical (unpaired) electrons. The van der Waals surface area contributed by atoms with Gasteiger partial charge in [0.25, 0.3) is 5.55 Å². The van der Waals surface area contributed by atoms with Gasteiger partial charge in [-0.25, -0.2) is 13.2 Å². The topological polar surface area (TPSA) is 18.5 Å². The molecule has 0 amide bonds. The molecule has 2 nitrogen and oxygen atoms in total. The maximum Gasteiger partial charge on any atom is 0.384 e. The van der Waals surface area contributed by atoms with Crippen molar-refractivity contribution in [3.63, 3.8) is 0 Å². The van der Waals surface area contributed by atoms with Gasteiger partial charge in [-0.1, -0.05) is 0 Å². The van der Waals surface area contributed by atoms with Gasteiger partial charge in [-0.15, -0.1) is 0 Å². The maximum atomic E-state index is 13.8. The third kappa shape index (κ3) is 4.62. The zero-order valence-electron chi connectivity index (χ0n) is 15.0. The summed E-state index contributed by atoms with van der Waals surface area (Å²) in [7, 11) is -4.05. The van der Waals surface area contributed by atoms with Gasteiger partial charge in [0.15, 0.2) is 15.7 Å². The summed E-state index contributed by atoms with van der Waals surface area (Å²) < 4.78 is 183. The van der Waals surface area contributed by atoms with Crippen LogP contribution in [0.2, 0.25) is 0 Å². The number of hydrogen-bond acceptors (Lipinski definition) is 2. The summed E-state index contributed by atoms with van der Waals surface area (Å²) >= 11 is 0. The summed E-state index contributed by atoms with van der Waals surface area (Å²) in [6.07, 6.45) is -4.21. The Bertz CT molecular complexity index is 533. The predicted octanol–water partition coefficient (Wildman–Crippen LogP) is 4.64.